The molecule has 4 N–H and O–H groups in total. The van der Waals surface area contributed by atoms with E-state index in [0.29, 0.717) is 12.6 Å². The molecule has 21 heavy (non-hydrogen) atoms. The Bertz CT molecular complexity index is 442. The van der Waals surface area contributed by atoms with E-state index in [2.05, 4.69) is 10.2 Å². The number of amides is 3. The van der Waals surface area contributed by atoms with Crippen LogP contribution in [0.3, 0.4) is 0 Å². The number of aliphatic carboxylic acids is 1. The summed E-state index contributed by atoms with van der Waals surface area (Å²) >= 11 is 0. The highest BCUT2D eigenvalue weighted by atomic mass is 16.4. The first kappa shape index (κ1) is 15.6. The first-order valence-corrected chi connectivity index (χ1v) is 7.20. The number of urea groups is 1. The van der Waals surface area contributed by atoms with Crippen molar-refractivity contribution < 1.29 is 19.5 Å². The highest BCUT2D eigenvalue weighted by Gasteiger charge is 2.37. The molecule has 2 aliphatic heterocycles. The Morgan fingerprint density at radius 3 is 2.71 bits per heavy atom. The average molecular weight is 298 g/mol. The molecule has 118 valence electrons. The number of carboxylic acids is 1. The van der Waals surface area contributed by atoms with Crippen LogP contribution in [0.15, 0.2) is 0 Å². The Labute approximate surface area is 123 Å². The number of hydrogen-bond acceptors (Lipinski definition) is 4. The molecule has 3 amide bonds. The summed E-state index contributed by atoms with van der Waals surface area (Å²) < 4.78 is 0. The Balaban J connectivity index is 1.97. The number of carbonyl (C=O) groups is 3. The number of rotatable bonds is 4. The molecule has 3 atom stereocenters. The zero-order valence-corrected chi connectivity index (χ0v) is 12.1. The fraction of sp³-hybridized carbons (Fsp3) is 0.769. The van der Waals surface area contributed by atoms with Crippen LogP contribution in [-0.4, -0.2) is 70.6 Å². The van der Waals surface area contributed by atoms with Gasteiger partial charge in [0.05, 0.1) is 6.42 Å². The predicted molar refractivity (Wildman–Crippen MR) is 74.5 cm³/mol. The predicted octanol–water partition coefficient (Wildman–Crippen LogP) is -0.807. The van der Waals surface area contributed by atoms with E-state index < -0.39 is 30.4 Å². The van der Waals surface area contributed by atoms with Gasteiger partial charge in [-0.15, -0.1) is 0 Å². The van der Waals surface area contributed by atoms with Crippen LogP contribution in [0.5, 0.6) is 0 Å². The number of fused-ring (bicyclic) bond motifs is 1. The molecular weight excluding hydrogens is 276 g/mol. The molecule has 2 saturated heterocycles. The smallest absolute Gasteiger partial charge is 0.326 e. The van der Waals surface area contributed by atoms with E-state index in [0.717, 1.165) is 25.9 Å². The summed E-state index contributed by atoms with van der Waals surface area (Å²) in [4.78, 5) is 38.2. The number of nitrogens with one attached hydrogen (secondary N) is 1. The maximum Gasteiger partial charge on any atom is 0.326 e. The quantitative estimate of drug-likeness (QED) is 0.628. The van der Waals surface area contributed by atoms with Crippen LogP contribution in [0.25, 0.3) is 0 Å². The van der Waals surface area contributed by atoms with Gasteiger partial charge in [0.2, 0.25) is 5.91 Å². The largest absolute Gasteiger partial charge is 0.480 e. The lowest BCUT2D eigenvalue weighted by molar-refractivity contribution is -0.141. The van der Waals surface area contributed by atoms with Crippen molar-refractivity contribution in [2.45, 2.75) is 44.3 Å². The molecule has 0 aromatic heterocycles. The van der Waals surface area contributed by atoms with Gasteiger partial charge >= 0.3 is 12.0 Å². The highest BCUT2D eigenvalue weighted by molar-refractivity contribution is 5.87. The maximum absolute atomic E-state index is 12.3. The molecule has 2 rings (SSSR count). The van der Waals surface area contributed by atoms with Gasteiger partial charge in [-0.05, 0) is 26.3 Å². The van der Waals surface area contributed by atoms with Crippen LogP contribution < -0.4 is 11.1 Å². The summed E-state index contributed by atoms with van der Waals surface area (Å²) in [7, 11) is 0. The molecule has 2 aliphatic rings. The Morgan fingerprint density at radius 1 is 1.38 bits per heavy atom. The number of carboxylic acid groups (broad SMARTS) is 1. The van der Waals surface area contributed by atoms with Gasteiger partial charge in [0, 0.05) is 25.2 Å². The lowest BCUT2D eigenvalue weighted by Crippen LogP contribution is -2.60. The lowest BCUT2D eigenvalue weighted by Gasteiger charge is -2.42. The van der Waals surface area contributed by atoms with Crippen molar-refractivity contribution in [1.29, 1.82) is 0 Å². The van der Waals surface area contributed by atoms with E-state index in [1.807, 2.05) is 6.92 Å². The number of nitrogens with zero attached hydrogens (tertiary/aromatic N) is 2. The van der Waals surface area contributed by atoms with Gasteiger partial charge in [-0.2, -0.15) is 0 Å². The molecule has 3 unspecified atom stereocenters. The summed E-state index contributed by atoms with van der Waals surface area (Å²) in [5, 5.41) is 11.4. The van der Waals surface area contributed by atoms with E-state index >= 15 is 0 Å². The van der Waals surface area contributed by atoms with Crippen molar-refractivity contribution in [1.82, 2.24) is 15.1 Å². The summed E-state index contributed by atoms with van der Waals surface area (Å²) in [6, 6.07) is -1.35. The minimum atomic E-state index is -1.27. The van der Waals surface area contributed by atoms with Gasteiger partial charge in [-0.1, -0.05) is 0 Å². The van der Waals surface area contributed by atoms with E-state index in [1.165, 1.54) is 0 Å². The molecule has 8 nitrogen and oxygen atoms in total. The van der Waals surface area contributed by atoms with Gasteiger partial charge in [0.25, 0.3) is 0 Å². The molecule has 0 saturated carbocycles. The lowest BCUT2D eigenvalue weighted by atomic mass is 10.1. The second-order valence-corrected chi connectivity index (χ2v) is 5.80. The second kappa shape index (κ2) is 6.30. The van der Waals surface area contributed by atoms with E-state index in [1.54, 1.807) is 4.90 Å². The summed E-state index contributed by atoms with van der Waals surface area (Å²) in [6.07, 6.45) is 1.78. The molecule has 0 radical (unpaired) electrons. The molecule has 2 fully saturated rings. The fourth-order valence-corrected chi connectivity index (χ4v) is 3.10. The number of primary amides is 1. The van der Waals surface area contributed by atoms with Gasteiger partial charge in [-0.25, -0.2) is 9.59 Å². The third-order valence-corrected chi connectivity index (χ3v) is 4.20. The van der Waals surface area contributed by atoms with Gasteiger partial charge in [-0.3, -0.25) is 9.69 Å². The van der Waals surface area contributed by atoms with Crippen molar-refractivity contribution in [2.75, 3.05) is 19.6 Å². The normalized spacial score (nSPS) is 27.0. The Hall–Kier alpha value is -1.83. The van der Waals surface area contributed by atoms with E-state index in [9.17, 15) is 14.4 Å². The third kappa shape index (κ3) is 3.63. The zero-order valence-electron chi connectivity index (χ0n) is 12.1. The SMILES string of the molecule is CC1CN2CCCC2CN1C(=O)NC(CC(N)=O)C(=O)O. The van der Waals surface area contributed by atoms with Crippen molar-refractivity contribution in [3.63, 3.8) is 0 Å². The number of piperazine rings is 1. The molecule has 0 aliphatic carbocycles. The highest BCUT2D eigenvalue weighted by Crippen LogP contribution is 2.24. The van der Waals surface area contributed by atoms with E-state index in [4.69, 9.17) is 10.8 Å². The molecule has 2 heterocycles. The average Bonchev–Trinajstić information content (AvgIpc) is 2.83. The number of nitrogens with two attached hydrogens (primary N) is 1. The van der Waals surface area contributed by atoms with Crippen molar-refractivity contribution in [2.24, 2.45) is 5.73 Å². The molecular formula is C13H22N4O4. The minimum Gasteiger partial charge on any atom is -0.480 e. The molecule has 0 aromatic carbocycles. The zero-order chi connectivity index (χ0) is 15.6. The van der Waals surface area contributed by atoms with Crippen molar-refractivity contribution >= 4 is 17.9 Å². The number of carbonyl (C=O) groups excluding carboxylic acids is 2. The Morgan fingerprint density at radius 2 is 2.10 bits per heavy atom. The van der Waals surface area contributed by atoms with E-state index in [-0.39, 0.29) is 6.04 Å². The van der Waals surface area contributed by atoms with Crippen LogP contribution in [0.2, 0.25) is 0 Å². The van der Waals surface area contributed by atoms with Gasteiger partial charge in [0.15, 0.2) is 0 Å². The first-order chi connectivity index (χ1) is 9.88. The van der Waals surface area contributed by atoms with Crippen LogP contribution in [0.4, 0.5) is 4.79 Å². The van der Waals surface area contributed by atoms with Crippen molar-refractivity contribution in [3.05, 3.63) is 0 Å². The van der Waals surface area contributed by atoms with Crippen LogP contribution in [0, 0.1) is 0 Å². The van der Waals surface area contributed by atoms with Crippen molar-refractivity contribution in [3.8, 4) is 0 Å². The maximum atomic E-state index is 12.3. The van der Waals surface area contributed by atoms with Crippen LogP contribution in [0.1, 0.15) is 26.2 Å². The van der Waals surface area contributed by atoms with Crippen LogP contribution in [-0.2, 0) is 9.59 Å². The number of hydrogen-bond donors (Lipinski definition) is 3. The third-order valence-electron chi connectivity index (χ3n) is 4.20. The molecule has 0 bridgehead atoms. The fourth-order valence-electron chi connectivity index (χ4n) is 3.10. The standard InChI is InChI=1S/C13H22N4O4/c1-8-6-16-4-2-3-9(16)7-17(8)13(21)15-10(12(19)20)5-11(14)18/h8-10H,2-7H2,1H3,(H2,14,18)(H,15,21)(H,19,20). The first-order valence-electron chi connectivity index (χ1n) is 7.20. The molecule has 0 aromatic rings. The minimum absolute atomic E-state index is 0.0161. The summed E-state index contributed by atoms with van der Waals surface area (Å²) in [5.41, 5.74) is 5.01. The monoisotopic (exact) mass is 298 g/mol. The summed E-state index contributed by atoms with van der Waals surface area (Å²) in [6.45, 7) is 4.39. The summed E-state index contributed by atoms with van der Waals surface area (Å²) in [5.74, 6) is -2.01. The topological polar surface area (TPSA) is 116 Å². The second-order valence-electron chi connectivity index (χ2n) is 5.80. The molecule has 0 spiro atoms. The van der Waals surface area contributed by atoms with Gasteiger partial charge in [0.1, 0.15) is 6.04 Å². The van der Waals surface area contributed by atoms with Gasteiger partial charge < -0.3 is 21.1 Å². The molecule has 8 heteroatoms. The Kier molecular flexibility index (Phi) is 4.66. The van der Waals surface area contributed by atoms with Crippen LogP contribution >= 0.6 is 0 Å².